The fraction of sp³-hybridized carbons (Fsp3) is 0.682. The average molecular weight is 971 g/mol. The third-order valence-electron chi connectivity index (χ3n) is 10.3. The molecule has 4 aliphatic rings. The van der Waals surface area contributed by atoms with Gasteiger partial charge in [-0.1, -0.05) is 30.3 Å². The molecule has 24 nitrogen and oxygen atoms in total. The Morgan fingerprint density at radius 3 is 1.35 bits per heavy atom. The third kappa shape index (κ3) is 14.8. The molecule has 0 N–H and O–H groups in total. The lowest BCUT2D eigenvalue weighted by Gasteiger charge is -2.48. The van der Waals surface area contributed by atoms with Crippen LogP contribution in [0.25, 0.3) is 0 Å². The molecule has 24 heteroatoms. The lowest BCUT2D eigenvalue weighted by atomic mass is 9.96. The van der Waals surface area contributed by atoms with Crippen molar-refractivity contribution < 1.29 is 114 Å². The van der Waals surface area contributed by atoms with E-state index in [0.29, 0.717) is 5.56 Å². The van der Waals surface area contributed by atoms with Crippen LogP contribution in [0.3, 0.4) is 0 Å². The molecule has 1 aromatic rings. The normalized spacial score (nSPS) is 32.8. The molecule has 68 heavy (non-hydrogen) atoms. The van der Waals surface area contributed by atoms with Crippen molar-refractivity contribution in [2.75, 3.05) is 19.8 Å². The molecule has 0 bridgehead atoms. The van der Waals surface area contributed by atoms with Gasteiger partial charge in [0.05, 0.1) is 13.2 Å². The zero-order valence-corrected chi connectivity index (χ0v) is 39.2. The molecule has 0 aliphatic carbocycles. The Labute approximate surface area is 390 Å². The van der Waals surface area contributed by atoms with Crippen LogP contribution in [0.5, 0.6) is 0 Å². The summed E-state index contributed by atoms with van der Waals surface area (Å²) in [5.41, 5.74) is 0.699. The van der Waals surface area contributed by atoms with Crippen LogP contribution in [0.1, 0.15) is 74.8 Å². The third-order valence-corrected chi connectivity index (χ3v) is 10.3. The maximum atomic E-state index is 12.8. The quantitative estimate of drug-likeness (QED) is 0.147. The van der Waals surface area contributed by atoms with Crippen molar-refractivity contribution in [1.82, 2.24) is 0 Å². The van der Waals surface area contributed by atoms with Crippen LogP contribution in [0.4, 0.5) is 0 Å². The molecule has 4 heterocycles. The number of ether oxygens (including phenoxy) is 16. The Bertz CT molecular complexity index is 1960. The Morgan fingerprint density at radius 1 is 0.441 bits per heavy atom. The van der Waals surface area contributed by atoms with E-state index in [2.05, 4.69) is 0 Å². The van der Waals surface area contributed by atoms with Gasteiger partial charge in [-0.15, -0.1) is 0 Å². The van der Waals surface area contributed by atoms with Crippen molar-refractivity contribution in [3.05, 3.63) is 35.9 Å². The van der Waals surface area contributed by atoms with Gasteiger partial charge in [0.25, 0.3) is 0 Å². The molecule has 4 saturated heterocycles. The van der Waals surface area contributed by atoms with Gasteiger partial charge in [0.1, 0.15) is 49.8 Å². The molecule has 1 aromatic carbocycles. The highest BCUT2D eigenvalue weighted by atomic mass is 16.8. The summed E-state index contributed by atoms with van der Waals surface area (Å²) in [5.74, 6) is -7.93. The number of fused-ring (bicyclic) bond motifs is 1. The van der Waals surface area contributed by atoms with Crippen molar-refractivity contribution in [2.45, 2.75) is 174 Å². The van der Waals surface area contributed by atoms with E-state index in [1.165, 1.54) is 0 Å². The first-order valence-electron chi connectivity index (χ1n) is 21.6. The van der Waals surface area contributed by atoms with Gasteiger partial charge in [-0.3, -0.25) is 38.4 Å². The Morgan fingerprint density at radius 2 is 0.853 bits per heavy atom. The summed E-state index contributed by atoms with van der Waals surface area (Å²) >= 11 is 0. The van der Waals surface area contributed by atoms with Crippen LogP contribution in [0.2, 0.25) is 0 Å². The van der Waals surface area contributed by atoms with E-state index < -0.39 is 165 Å². The second-order valence-electron chi connectivity index (χ2n) is 16.5. The molecule has 0 radical (unpaired) electrons. The predicted molar refractivity (Wildman–Crippen MR) is 218 cm³/mol. The molecule has 4 aliphatic heterocycles. The second-order valence-corrected chi connectivity index (χ2v) is 16.5. The van der Waals surface area contributed by atoms with E-state index in [-0.39, 0.29) is 6.61 Å². The largest absolute Gasteiger partial charge is 0.463 e. The lowest BCUT2D eigenvalue weighted by Crippen LogP contribution is -2.66. The van der Waals surface area contributed by atoms with E-state index in [1.54, 1.807) is 44.2 Å². The summed E-state index contributed by atoms with van der Waals surface area (Å²) in [6.45, 7) is 10.2. The van der Waals surface area contributed by atoms with Gasteiger partial charge in [0, 0.05) is 55.4 Å². The van der Waals surface area contributed by atoms with Crippen molar-refractivity contribution >= 4 is 47.8 Å². The predicted octanol–water partition coefficient (Wildman–Crippen LogP) is 1.02. The summed E-state index contributed by atoms with van der Waals surface area (Å²) in [4.78, 5) is 99.7. The second kappa shape index (κ2) is 23.8. The number of hydrogen-bond acceptors (Lipinski definition) is 24. The van der Waals surface area contributed by atoms with Crippen molar-refractivity contribution in [3.63, 3.8) is 0 Å². The topological polar surface area (TPSA) is 284 Å². The number of benzene rings is 1. The molecule has 0 aromatic heterocycles. The number of hydrogen-bond donors (Lipinski definition) is 0. The van der Waals surface area contributed by atoms with Gasteiger partial charge >= 0.3 is 47.8 Å². The van der Waals surface area contributed by atoms with Crippen LogP contribution in [0, 0.1) is 0 Å². The maximum Gasteiger partial charge on any atom is 0.303 e. The highest BCUT2D eigenvalue weighted by Crippen LogP contribution is 2.42. The van der Waals surface area contributed by atoms with E-state index >= 15 is 0 Å². The molecule has 0 amide bonds. The standard InChI is InChI=1S/C44H58O24/c1-20(45)53-17-29-32(57-22(3)47)35(58-23(4)48)38(60-25(6)50)42(63-29)56-19-31-34-37(68-44(9,10)67-34)40(62-27(8)52)43(65-31)66-33-30(18-54-21(2)46)64-41(55-16-28-14-12-11-13-15-28)39(61-26(7)51)36(33)59-24(5)49/h11-15,29-43H,16-19H2,1-10H3/t29-,30-,31-,32+,33-,34+,35+,36+,37+,38-,39-,40-,41-,42+,43+/m1/s1. The Balaban J connectivity index is 1.54. The molecule has 378 valence electrons. The fourth-order valence-corrected chi connectivity index (χ4v) is 7.97. The summed E-state index contributed by atoms with van der Waals surface area (Å²) in [7, 11) is 0. The van der Waals surface area contributed by atoms with E-state index in [9.17, 15) is 38.4 Å². The molecule has 5 rings (SSSR count). The summed E-state index contributed by atoms with van der Waals surface area (Å²) in [6.07, 6.45) is -22.0. The van der Waals surface area contributed by atoms with E-state index in [0.717, 1.165) is 55.4 Å². The van der Waals surface area contributed by atoms with Crippen molar-refractivity contribution in [3.8, 4) is 0 Å². The van der Waals surface area contributed by atoms with E-state index in [1.807, 2.05) is 0 Å². The minimum Gasteiger partial charge on any atom is -0.463 e. The Hall–Kier alpha value is -5.34. The number of esters is 8. The fourth-order valence-electron chi connectivity index (χ4n) is 7.97. The summed E-state index contributed by atoms with van der Waals surface area (Å²) < 4.78 is 94.7. The summed E-state index contributed by atoms with van der Waals surface area (Å²) in [5, 5.41) is 0. The van der Waals surface area contributed by atoms with Gasteiger partial charge < -0.3 is 75.8 Å². The maximum absolute atomic E-state index is 12.8. The van der Waals surface area contributed by atoms with Crippen LogP contribution < -0.4 is 0 Å². The monoisotopic (exact) mass is 970 g/mol. The molecular weight excluding hydrogens is 912 g/mol. The van der Waals surface area contributed by atoms with E-state index in [4.69, 9.17) is 75.8 Å². The highest BCUT2D eigenvalue weighted by molar-refractivity contribution is 5.69. The minimum atomic E-state index is -1.71. The zero-order valence-electron chi connectivity index (χ0n) is 39.2. The number of carbonyl (C=O) groups excluding carboxylic acids is 8. The smallest absolute Gasteiger partial charge is 0.303 e. The molecule has 4 fully saturated rings. The summed E-state index contributed by atoms with van der Waals surface area (Å²) in [6, 6.07) is 8.88. The van der Waals surface area contributed by atoms with Crippen LogP contribution >= 0.6 is 0 Å². The number of rotatable bonds is 18. The average Bonchev–Trinajstić information content (AvgIpc) is 3.56. The number of carbonyl (C=O) groups is 8. The van der Waals surface area contributed by atoms with Crippen LogP contribution in [-0.2, 0) is 121 Å². The molecule has 0 unspecified atom stereocenters. The molecule has 0 spiro atoms. The minimum absolute atomic E-state index is 0.0699. The molecule has 15 atom stereocenters. The van der Waals surface area contributed by atoms with Crippen molar-refractivity contribution in [2.24, 2.45) is 0 Å². The highest BCUT2D eigenvalue weighted by Gasteiger charge is 2.61. The first-order chi connectivity index (χ1) is 32.0. The SMILES string of the molecule is CC(=O)OC[C@H]1O[C@H](OC[C@H]2O[C@@H](O[C@H]3[C@H](OC(C)=O)[C@@H](OC(C)=O)[C@H](OCc4ccccc4)O[C@@H]3COC(C)=O)[C@H](OC(C)=O)[C@H]3OC(C)(C)O[C@H]32)[C@H](OC(C)=O)[C@@H](OC(C)=O)[C@H]1OC(C)=O. The van der Waals surface area contributed by atoms with Crippen LogP contribution in [-0.4, -0.2) is 165 Å². The molecule has 0 saturated carbocycles. The van der Waals surface area contributed by atoms with Gasteiger partial charge in [-0.25, -0.2) is 0 Å². The van der Waals surface area contributed by atoms with Crippen LogP contribution in [0.15, 0.2) is 30.3 Å². The lowest BCUT2D eigenvalue weighted by molar-refractivity contribution is -0.361. The van der Waals surface area contributed by atoms with Gasteiger partial charge in [0.2, 0.25) is 0 Å². The van der Waals surface area contributed by atoms with Gasteiger partial charge in [-0.05, 0) is 19.4 Å². The first-order valence-corrected chi connectivity index (χ1v) is 21.6. The Kier molecular flexibility index (Phi) is 18.8. The van der Waals surface area contributed by atoms with Gasteiger partial charge in [0.15, 0.2) is 61.3 Å². The first kappa shape index (κ1) is 53.6. The van der Waals surface area contributed by atoms with Gasteiger partial charge in [-0.2, -0.15) is 0 Å². The zero-order chi connectivity index (χ0) is 50.0. The van der Waals surface area contributed by atoms with Crippen molar-refractivity contribution in [1.29, 1.82) is 0 Å². The molecular formula is C44H58O24.